The van der Waals surface area contributed by atoms with Crippen LogP contribution in [0.25, 0.3) is 11.1 Å². The summed E-state index contributed by atoms with van der Waals surface area (Å²) in [6.07, 6.45) is 5.07. The van der Waals surface area contributed by atoms with Gasteiger partial charge in [0.15, 0.2) is 0 Å². The van der Waals surface area contributed by atoms with Crippen LogP contribution in [0.15, 0.2) is 60.8 Å². The molecule has 0 spiro atoms. The lowest BCUT2D eigenvalue weighted by Crippen LogP contribution is -2.29. The van der Waals surface area contributed by atoms with E-state index >= 15 is 0 Å². The number of aliphatic hydroxyl groups excluding tert-OH is 1. The number of aromatic nitrogens is 1. The fourth-order valence-electron chi connectivity index (χ4n) is 5.03. The molecule has 2 aliphatic rings. The van der Waals surface area contributed by atoms with Crippen LogP contribution in [0.2, 0.25) is 0 Å². The number of hydrogen-bond donors (Lipinski definition) is 1. The largest absolute Gasteiger partial charge is 0.392 e. The number of nitrogens with zero attached hydrogens (tertiary/aromatic N) is 2. The van der Waals surface area contributed by atoms with Crippen molar-refractivity contribution in [3.8, 4) is 11.1 Å². The van der Waals surface area contributed by atoms with Gasteiger partial charge in [-0.2, -0.15) is 0 Å². The van der Waals surface area contributed by atoms with Crippen LogP contribution in [0.1, 0.15) is 63.8 Å². The van der Waals surface area contributed by atoms with Crippen LogP contribution in [0.3, 0.4) is 0 Å². The average molecular weight is 443 g/mol. The fourth-order valence-corrected chi connectivity index (χ4v) is 5.03. The Morgan fingerprint density at radius 2 is 1.91 bits per heavy atom. The van der Waals surface area contributed by atoms with Gasteiger partial charge in [0.1, 0.15) is 5.69 Å². The first kappa shape index (κ1) is 21.8. The molecule has 0 bridgehead atoms. The van der Waals surface area contributed by atoms with E-state index in [0.29, 0.717) is 31.3 Å². The molecule has 33 heavy (non-hydrogen) atoms. The van der Waals surface area contributed by atoms with Crippen molar-refractivity contribution in [1.82, 2.24) is 9.88 Å². The zero-order valence-electron chi connectivity index (χ0n) is 19.0. The Kier molecular flexibility index (Phi) is 6.25. The van der Waals surface area contributed by atoms with Crippen LogP contribution in [0.4, 0.5) is 0 Å². The van der Waals surface area contributed by atoms with E-state index in [1.807, 2.05) is 17.0 Å². The van der Waals surface area contributed by atoms with Crippen molar-refractivity contribution in [3.05, 3.63) is 88.7 Å². The fraction of sp³-hybridized carbons (Fsp3) is 0.357. The molecule has 1 saturated heterocycles. The third-order valence-corrected chi connectivity index (χ3v) is 6.87. The molecule has 1 saturated carbocycles. The van der Waals surface area contributed by atoms with Gasteiger partial charge in [0.25, 0.3) is 5.91 Å². The van der Waals surface area contributed by atoms with E-state index in [0.717, 1.165) is 28.7 Å². The summed E-state index contributed by atoms with van der Waals surface area (Å²) in [6, 6.07) is 18.8. The van der Waals surface area contributed by atoms with Gasteiger partial charge in [-0.15, -0.1) is 0 Å². The Balaban J connectivity index is 1.35. The summed E-state index contributed by atoms with van der Waals surface area (Å²) in [4.78, 5) is 19.2. The van der Waals surface area contributed by atoms with Gasteiger partial charge in [0.05, 0.1) is 13.2 Å². The number of carbonyl (C=O) groups is 1. The van der Waals surface area contributed by atoms with Gasteiger partial charge in [-0.1, -0.05) is 36.4 Å². The number of aliphatic hydroxyl groups is 1. The molecule has 5 heteroatoms. The molecule has 2 fully saturated rings. The second-order valence-corrected chi connectivity index (χ2v) is 9.15. The smallest absolute Gasteiger partial charge is 0.272 e. The summed E-state index contributed by atoms with van der Waals surface area (Å²) in [7, 11) is 1.64. The highest BCUT2D eigenvalue weighted by Gasteiger charge is 2.30. The number of benzene rings is 2. The summed E-state index contributed by atoms with van der Waals surface area (Å²) in [5, 5.41) is 10.2. The van der Waals surface area contributed by atoms with Crippen molar-refractivity contribution >= 4 is 5.91 Å². The SMILES string of the molecule is COCc1ccnc(C(=O)N2CCC(c3ccc(-c4ccccc4C4CC4)cc3CO)C2)c1. The molecule has 2 aromatic carbocycles. The van der Waals surface area contributed by atoms with E-state index in [9.17, 15) is 9.90 Å². The lowest BCUT2D eigenvalue weighted by molar-refractivity contribution is 0.0784. The Hall–Kier alpha value is -3.02. The number of hydrogen-bond acceptors (Lipinski definition) is 4. The van der Waals surface area contributed by atoms with Crippen molar-refractivity contribution in [3.63, 3.8) is 0 Å². The first-order valence-electron chi connectivity index (χ1n) is 11.7. The van der Waals surface area contributed by atoms with Crippen molar-refractivity contribution in [2.75, 3.05) is 20.2 Å². The predicted octanol–water partition coefficient (Wildman–Crippen LogP) is 4.89. The molecule has 1 N–H and O–H groups in total. The van der Waals surface area contributed by atoms with E-state index in [4.69, 9.17) is 4.74 Å². The molecule has 1 atom stereocenters. The minimum atomic E-state index is -0.0454. The maximum absolute atomic E-state index is 13.1. The van der Waals surface area contributed by atoms with Gasteiger partial charge < -0.3 is 14.7 Å². The molecule has 1 aliphatic carbocycles. The van der Waals surface area contributed by atoms with Gasteiger partial charge in [-0.05, 0) is 76.8 Å². The number of carbonyl (C=O) groups excluding carboxylic acids is 1. The summed E-state index contributed by atoms with van der Waals surface area (Å²) >= 11 is 0. The summed E-state index contributed by atoms with van der Waals surface area (Å²) < 4.78 is 5.18. The normalized spacial score (nSPS) is 18.0. The minimum absolute atomic E-state index is 0.000165. The third kappa shape index (κ3) is 4.56. The molecule has 1 unspecified atom stereocenters. The molecule has 170 valence electrons. The zero-order chi connectivity index (χ0) is 22.8. The van der Waals surface area contributed by atoms with E-state index < -0.39 is 0 Å². The van der Waals surface area contributed by atoms with Crippen molar-refractivity contribution in [1.29, 1.82) is 0 Å². The monoisotopic (exact) mass is 442 g/mol. The summed E-state index contributed by atoms with van der Waals surface area (Å²) in [6.45, 7) is 1.79. The van der Waals surface area contributed by atoms with E-state index in [-0.39, 0.29) is 18.4 Å². The lowest BCUT2D eigenvalue weighted by Gasteiger charge is -2.19. The predicted molar refractivity (Wildman–Crippen MR) is 128 cm³/mol. The van der Waals surface area contributed by atoms with E-state index in [1.165, 1.54) is 24.0 Å². The Labute approximate surface area is 195 Å². The number of rotatable bonds is 7. The third-order valence-electron chi connectivity index (χ3n) is 6.87. The van der Waals surface area contributed by atoms with Gasteiger partial charge in [0, 0.05) is 32.3 Å². The summed E-state index contributed by atoms with van der Waals surface area (Å²) in [5.74, 6) is 0.839. The topological polar surface area (TPSA) is 62.7 Å². The molecule has 1 aliphatic heterocycles. The number of likely N-dealkylation sites (tertiary alicyclic amines) is 1. The van der Waals surface area contributed by atoms with Gasteiger partial charge in [-0.25, -0.2) is 0 Å². The second kappa shape index (κ2) is 9.46. The molecule has 1 amide bonds. The average Bonchev–Trinajstić information content (AvgIpc) is 3.60. The summed E-state index contributed by atoms with van der Waals surface area (Å²) in [5.41, 5.74) is 7.34. The van der Waals surface area contributed by atoms with Crippen LogP contribution in [-0.2, 0) is 18.0 Å². The molecule has 0 radical (unpaired) electrons. The van der Waals surface area contributed by atoms with Gasteiger partial charge in [-0.3, -0.25) is 9.78 Å². The van der Waals surface area contributed by atoms with Crippen LogP contribution >= 0.6 is 0 Å². The highest BCUT2D eigenvalue weighted by Crippen LogP contribution is 2.44. The first-order chi connectivity index (χ1) is 16.2. The molecule has 1 aromatic heterocycles. The highest BCUT2D eigenvalue weighted by molar-refractivity contribution is 5.92. The number of amides is 1. The number of methoxy groups -OCH3 is 1. The minimum Gasteiger partial charge on any atom is -0.392 e. The van der Waals surface area contributed by atoms with Gasteiger partial charge >= 0.3 is 0 Å². The van der Waals surface area contributed by atoms with Crippen LogP contribution in [-0.4, -0.2) is 41.1 Å². The molecular formula is C28H30N2O3. The standard InChI is InChI=1S/C28H30N2O3/c1-33-18-19-10-12-29-27(14-19)28(32)30-13-11-22(16-30)24-9-8-21(15-23(24)17-31)26-5-3-2-4-25(26)20-6-7-20/h2-5,8-10,12,14-15,20,22,31H,6-7,11,13,16-18H2,1H3. The number of pyridine rings is 1. The Morgan fingerprint density at radius 3 is 2.70 bits per heavy atom. The van der Waals surface area contributed by atoms with Crippen LogP contribution in [0.5, 0.6) is 0 Å². The Bertz CT molecular complexity index is 1160. The van der Waals surface area contributed by atoms with Crippen LogP contribution < -0.4 is 0 Å². The van der Waals surface area contributed by atoms with Gasteiger partial charge in [0.2, 0.25) is 0 Å². The quantitative estimate of drug-likeness (QED) is 0.566. The van der Waals surface area contributed by atoms with E-state index in [2.05, 4.69) is 47.4 Å². The highest BCUT2D eigenvalue weighted by atomic mass is 16.5. The maximum Gasteiger partial charge on any atom is 0.272 e. The zero-order valence-corrected chi connectivity index (χ0v) is 19.0. The molecular weight excluding hydrogens is 412 g/mol. The molecule has 2 heterocycles. The Morgan fingerprint density at radius 1 is 1.06 bits per heavy atom. The first-order valence-corrected chi connectivity index (χ1v) is 11.7. The molecule has 5 nitrogen and oxygen atoms in total. The van der Waals surface area contributed by atoms with Crippen molar-refractivity contribution in [2.24, 2.45) is 0 Å². The molecule has 5 rings (SSSR count). The second-order valence-electron chi connectivity index (χ2n) is 9.15. The van der Waals surface area contributed by atoms with Crippen molar-refractivity contribution < 1.29 is 14.6 Å². The van der Waals surface area contributed by atoms with E-state index in [1.54, 1.807) is 13.3 Å². The lowest BCUT2D eigenvalue weighted by atomic mass is 9.89. The van der Waals surface area contributed by atoms with Crippen molar-refractivity contribution in [2.45, 2.75) is 44.3 Å². The maximum atomic E-state index is 13.1. The number of ether oxygens (including phenoxy) is 1. The molecule has 3 aromatic rings. The van der Waals surface area contributed by atoms with Crippen LogP contribution in [0, 0.1) is 0 Å².